The van der Waals surface area contributed by atoms with E-state index >= 15 is 0 Å². The first kappa shape index (κ1) is 24.7. The van der Waals surface area contributed by atoms with Crippen LogP contribution in [0.3, 0.4) is 0 Å². The number of hydrogen-bond donors (Lipinski definition) is 3. The highest BCUT2D eigenvalue weighted by Crippen LogP contribution is 2.28. The van der Waals surface area contributed by atoms with Crippen molar-refractivity contribution in [1.82, 2.24) is 35.0 Å². The number of methoxy groups -OCH3 is 1. The summed E-state index contributed by atoms with van der Waals surface area (Å²) in [6, 6.07) is 5.32. The van der Waals surface area contributed by atoms with Crippen molar-refractivity contribution in [2.45, 2.75) is 63.6 Å². The molecule has 194 valence electrons. The Morgan fingerprint density at radius 2 is 1.92 bits per heavy atom. The molecule has 3 N–H and O–H groups in total. The van der Waals surface area contributed by atoms with E-state index in [1.807, 2.05) is 12.4 Å². The number of nitrogens with one attached hydrogen (secondary N) is 2. The van der Waals surface area contributed by atoms with Gasteiger partial charge in [0.25, 0.3) is 11.8 Å². The molecule has 11 nitrogen and oxygen atoms in total. The molecule has 3 aromatic heterocycles. The predicted molar refractivity (Wildman–Crippen MR) is 137 cm³/mol. The molecule has 0 unspecified atom stereocenters. The van der Waals surface area contributed by atoms with Gasteiger partial charge in [-0.25, -0.2) is 14.2 Å². The summed E-state index contributed by atoms with van der Waals surface area (Å²) in [6.07, 6.45) is 10.3. The van der Waals surface area contributed by atoms with Crippen molar-refractivity contribution in [2.24, 2.45) is 0 Å². The zero-order chi connectivity index (χ0) is 26.2. The number of carbonyl (C=O) groups is 2. The molecule has 1 aromatic carbocycles. The third-order valence-corrected chi connectivity index (χ3v) is 7.15. The standard InChI is InChI=1S/C26H31N7O4/c1-4-26(2,36)25(35)30-18-8-6-17(7-9-18)29-24(34)19-12-16-15-33(31-20(16)13-22(19)37-3)21-14-28-32-11-5-10-27-23(21)32/h5,10-15,17-18,36H,4,6-9H2,1-3H3,(H,29,34)(H,30,35)/t17?,18?,26-/m1/s1. The van der Waals surface area contributed by atoms with Crippen molar-refractivity contribution >= 4 is 28.4 Å². The Hall–Kier alpha value is -3.99. The molecule has 37 heavy (non-hydrogen) atoms. The number of aliphatic hydroxyl groups is 1. The maximum absolute atomic E-state index is 13.2. The van der Waals surface area contributed by atoms with Gasteiger partial charge in [0, 0.05) is 42.1 Å². The van der Waals surface area contributed by atoms with Crippen LogP contribution in [0, 0.1) is 0 Å². The van der Waals surface area contributed by atoms with Gasteiger partial charge in [-0.1, -0.05) is 6.92 Å². The van der Waals surface area contributed by atoms with Gasteiger partial charge in [0.2, 0.25) is 0 Å². The minimum atomic E-state index is -1.37. The maximum Gasteiger partial charge on any atom is 0.255 e. The van der Waals surface area contributed by atoms with E-state index in [1.54, 1.807) is 46.7 Å². The van der Waals surface area contributed by atoms with E-state index in [4.69, 9.17) is 4.74 Å². The number of benzene rings is 1. The van der Waals surface area contributed by atoms with Crippen molar-refractivity contribution in [3.63, 3.8) is 0 Å². The van der Waals surface area contributed by atoms with Gasteiger partial charge in [-0.3, -0.25) is 9.59 Å². The smallest absolute Gasteiger partial charge is 0.255 e. The largest absolute Gasteiger partial charge is 0.496 e. The zero-order valence-corrected chi connectivity index (χ0v) is 21.1. The van der Waals surface area contributed by atoms with Gasteiger partial charge in [-0.2, -0.15) is 10.2 Å². The fourth-order valence-electron chi connectivity index (χ4n) is 4.65. The van der Waals surface area contributed by atoms with E-state index < -0.39 is 5.60 Å². The van der Waals surface area contributed by atoms with Gasteiger partial charge in [0.1, 0.15) is 17.0 Å². The molecule has 0 saturated heterocycles. The first-order valence-electron chi connectivity index (χ1n) is 12.5. The van der Waals surface area contributed by atoms with Crippen LogP contribution in [0.5, 0.6) is 5.75 Å². The molecule has 1 aliphatic carbocycles. The molecular weight excluding hydrogens is 474 g/mol. The first-order chi connectivity index (χ1) is 17.8. The lowest BCUT2D eigenvalue weighted by molar-refractivity contribution is -0.139. The Kier molecular flexibility index (Phi) is 6.55. The Morgan fingerprint density at radius 3 is 2.62 bits per heavy atom. The number of carbonyl (C=O) groups excluding carboxylic acids is 2. The summed E-state index contributed by atoms with van der Waals surface area (Å²) in [5, 5.41) is 26.0. The molecule has 1 fully saturated rings. The molecule has 3 heterocycles. The van der Waals surface area contributed by atoms with Crippen LogP contribution in [0.1, 0.15) is 56.3 Å². The van der Waals surface area contributed by atoms with Crippen LogP contribution in [0.25, 0.3) is 22.2 Å². The molecule has 0 bridgehead atoms. The Bertz CT molecular complexity index is 1450. The summed E-state index contributed by atoms with van der Waals surface area (Å²) < 4.78 is 8.90. The second-order valence-corrected chi connectivity index (χ2v) is 9.73. The molecule has 4 aromatic rings. The number of fused-ring (bicyclic) bond motifs is 2. The van der Waals surface area contributed by atoms with Gasteiger partial charge in [0.15, 0.2) is 5.65 Å². The van der Waals surface area contributed by atoms with Crippen molar-refractivity contribution in [1.29, 1.82) is 0 Å². The maximum atomic E-state index is 13.2. The third-order valence-electron chi connectivity index (χ3n) is 7.15. The molecule has 1 aliphatic rings. The van der Waals surface area contributed by atoms with Crippen LogP contribution < -0.4 is 15.4 Å². The fraction of sp³-hybridized carbons (Fsp3) is 0.423. The van der Waals surface area contributed by atoms with Gasteiger partial charge < -0.3 is 20.5 Å². The number of amides is 2. The highest BCUT2D eigenvalue weighted by atomic mass is 16.5. The zero-order valence-electron chi connectivity index (χ0n) is 21.1. The summed E-state index contributed by atoms with van der Waals surface area (Å²) in [7, 11) is 1.53. The molecule has 0 spiro atoms. The van der Waals surface area contributed by atoms with Crippen LogP contribution in [-0.4, -0.2) is 66.1 Å². The SMILES string of the molecule is CC[C@@](C)(O)C(=O)NC1CCC(NC(=O)c2cc3cn(-c4cnn5cccnc45)nc3cc2OC)CC1. The number of rotatable bonds is 7. The Morgan fingerprint density at radius 1 is 1.19 bits per heavy atom. The van der Waals surface area contributed by atoms with E-state index in [2.05, 4.69) is 25.8 Å². The highest BCUT2D eigenvalue weighted by Gasteiger charge is 2.31. The van der Waals surface area contributed by atoms with Crippen LogP contribution in [0.2, 0.25) is 0 Å². The van der Waals surface area contributed by atoms with Crippen LogP contribution in [0.4, 0.5) is 0 Å². The topological polar surface area (TPSA) is 136 Å². The van der Waals surface area contributed by atoms with Crippen molar-refractivity contribution < 1.29 is 19.4 Å². The molecule has 2 amide bonds. The second kappa shape index (κ2) is 9.81. The number of hydrogen-bond acceptors (Lipinski definition) is 7. The molecule has 0 aliphatic heterocycles. The normalized spacial score (nSPS) is 19.5. The van der Waals surface area contributed by atoms with Crippen LogP contribution in [-0.2, 0) is 4.79 Å². The minimum absolute atomic E-state index is 0.00943. The summed E-state index contributed by atoms with van der Waals surface area (Å²) in [4.78, 5) is 29.9. The van der Waals surface area contributed by atoms with E-state index in [0.717, 1.165) is 36.8 Å². The fourth-order valence-corrected chi connectivity index (χ4v) is 4.65. The molecular formula is C26H31N7O4. The van der Waals surface area contributed by atoms with E-state index in [0.29, 0.717) is 28.9 Å². The summed E-state index contributed by atoms with van der Waals surface area (Å²) in [5.74, 6) is -0.123. The Balaban J connectivity index is 1.29. The van der Waals surface area contributed by atoms with Crippen molar-refractivity contribution in [3.8, 4) is 11.4 Å². The van der Waals surface area contributed by atoms with E-state index in [-0.39, 0.29) is 23.9 Å². The number of ether oxygens (including phenoxy) is 1. The van der Waals surface area contributed by atoms with E-state index in [9.17, 15) is 14.7 Å². The summed E-state index contributed by atoms with van der Waals surface area (Å²) >= 11 is 0. The predicted octanol–water partition coefficient (Wildman–Crippen LogP) is 2.39. The first-order valence-corrected chi connectivity index (χ1v) is 12.5. The lowest BCUT2D eigenvalue weighted by Gasteiger charge is -2.31. The van der Waals surface area contributed by atoms with Gasteiger partial charge in [0.05, 0.1) is 24.4 Å². The lowest BCUT2D eigenvalue weighted by Crippen LogP contribution is -2.50. The second-order valence-electron chi connectivity index (χ2n) is 9.73. The summed E-state index contributed by atoms with van der Waals surface area (Å²) in [6.45, 7) is 3.30. The lowest BCUT2D eigenvalue weighted by atomic mass is 9.90. The van der Waals surface area contributed by atoms with Crippen LogP contribution >= 0.6 is 0 Å². The highest BCUT2D eigenvalue weighted by molar-refractivity contribution is 6.01. The van der Waals surface area contributed by atoms with E-state index in [1.165, 1.54) is 14.0 Å². The Labute approximate surface area is 213 Å². The molecule has 1 atom stereocenters. The van der Waals surface area contributed by atoms with Gasteiger partial charge in [-0.05, 0) is 51.2 Å². The van der Waals surface area contributed by atoms with Crippen molar-refractivity contribution in [3.05, 3.63) is 48.5 Å². The summed E-state index contributed by atoms with van der Waals surface area (Å²) in [5.41, 5.74) is 1.15. The number of nitrogens with zero attached hydrogens (tertiary/aromatic N) is 5. The quantitative estimate of drug-likeness (QED) is 0.351. The van der Waals surface area contributed by atoms with Crippen LogP contribution in [0.15, 0.2) is 43.0 Å². The van der Waals surface area contributed by atoms with Gasteiger partial charge >= 0.3 is 0 Å². The van der Waals surface area contributed by atoms with Crippen molar-refractivity contribution in [2.75, 3.05) is 7.11 Å². The minimum Gasteiger partial charge on any atom is -0.496 e. The monoisotopic (exact) mass is 505 g/mol. The molecule has 1 saturated carbocycles. The molecule has 11 heteroatoms. The number of aromatic nitrogens is 5. The molecule has 0 radical (unpaired) electrons. The van der Waals surface area contributed by atoms with Gasteiger partial charge in [-0.15, -0.1) is 0 Å². The average Bonchev–Trinajstić information content (AvgIpc) is 3.52. The molecule has 5 rings (SSSR count). The average molecular weight is 506 g/mol. The third kappa shape index (κ3) is 4.86.